The third kappa shape index (κ3) is 9.19. The molecular weight excluding hydrogens is 268 g/mol. The van der Waals surface area contributed by atoms with Crippen molar-refractivity contribution >= 4 is 0 Å². The summed E-state index contributed by atoms with van der Waals surface area (Å²) < 4.78 is 0. The minimum atomic E-state index is 0.780. The number of allylic oxidation sites excluding steroid dienone is 1. The first-order valence-electron chi connectivity index (χ1n) is 7.91. The van der Waals surface area contributed by atoms with E-state index in [2.05, 4.69) is 61.8 Å². The van der Waals surface area contributed by atoms with Gasteiger partial charge in [0.2, 0.25) is 0 Å². The van der Waals surface area contributed by atoms with E-state index in [1.807, 2.05) is 12.2 Å². The molecule has 0 spiro atoms. The normalized spacial score (nSPS) is 10.6. The van der Waals surface area contributed by atoms with Crippen LogP contribution in [0.5, 0.6) is 0 Å². The van der Waals surface area contributed by atoms with Gasteiger partial charge in [-0.25, -0.2) is 0 Å². The van der Waals surface area contributed by atoms with E-state index < -0.39 is 0 Å². The lowest BCUT2D eigenvalue weighted by atomic mass is 10.1. The number of rotatable bonds is 14. The van der Waals surface area contributed by atoms with Crippen molar-refractivity contribution in [2.75, 3.05) is 32.7 Å². The average molecular weight is 300 g/mol. The van der Waals surface area contributed by atoms with Crippen molar-refractivity contribution in [3.63, 3.8) is 0 Å². The third-order valence-corrected chi connectivity index (χ3v) is 3.52. The van der Waals surface area contributed by atoms with Gasteiger partial charge in [0.05, 0.1) is 0 Å². The van der Waals surface area contributed by atoms with Crippen LogP contribution in [0.3, 0.4) is 0 Å². The van der Waals surface area contributed by atoms with Crippen LogP contribution < -0.4 is 0 Å². The maximum absolute atomic E-state index is 4.07. The monoisotopic (exact) mass is 300 g/mol. The molecule has 0 atom stereocenters. The van der Waals surface area contributed by atoms with Crippen LogP contribution in [-0.2, 0) is 0 Å². The lowest BCUT2D eigenvalue weighted by Crippen LogP contribution is -2.26. The Bertz CT molecular complexity index is 404. The summed E-state index contributed by atoms with van der Waals surface area (Å²) >= 11 is 0. The Morgan fingerprint density at radius 1 is 0.909 bits per heavy atom. The highest BCUT2D eigenvalue weighted by Gasteiger charge is 2.02. The molecule has 0 amide bonds. The van der Waals surface area contributed by atoms with Gasteiger partial charge < -0.3 is 4.90 Å². The molecule has 0 aliphatic rings. The standard InChI is InChI=1S/C20H32N2/c1-7-14-21(18-13-19(5)9-3)16-11-12-17-22(15-8-2)20(6)10-4/h7-8,10-12H,1-2,4-6,9,13-18H2,3H3/b12-11+. The topological polar surface area (TPSA) is 6.48 Å². The van der Waals surface area contributed by atoms with Crippen molar-refractivity contribution in [3.05, 3.63) is 74.5 Å². The average Bonchev–Trinajstić information content (AvgIpc) is 2.53. The molecule has 0 aromatic heterocycles. The molecule has 0 aliphatic heterocycles. The van der Waals surface area contributed by atoms with Crippen molar-refractivity contribution in [1.29, 1.82) is 0 Å². The van der Waals surface area contributed by atoms with Crippen LogP contribution in [0.2, 0.25) is 0 Å². The Morgan fingerprint density at radius 3 is 2.09 bits per heavy atom. The van der Waals surface area contributed by atoms with E-state index in [-0.39, 0.29) is 0 Å². The second kappa shape index (κ2) is 12.9. The SMILES string of the molecule is C=CCN(C/C=C/CN(CC=C)C(=C)C=C)CCC(=C)CC. The Kier molecular flexibility index (Phi) is 11.8. The second-order valence-electron chi connectivity index (χ2n) is 5.26. The molecule has 2 nitrogen and oxygen atoms in total. The molecule has 0 aromatic carbocycles. The van der Waals surface area contributed by atoms with Crippen molar-refractivity contribution in [3.8, 4) is 0 Å². The molecule has 0 fully saturated rings. The van der Waals surface area contributed by atoms with E-state index in [1.165, 1.54) is 5.57 Å². The van der Waals surface area contributed by atoms with E-state index in [0.29, 0.717) is 0 Å². The molecule has 0 N–H and O–H groups in total. The minimum Gasteiger partial charge on any atom is -0.365 e. The zero-order valence-electron chi connectivity index (χ0n) is 14.3. The van der Waals surface area contributed by atoms with Gasteiger partial charge in [-0.15, -0.1) is 13.2 Å². The van der Waals surface area contributed by atoms with Crippen LogP contribution in [0.15, 0.2) is 74.5 Å². The molecule has 0 unspecified atom stereocenters. The lowest BCUT2D eigenvalue weighted by molar-refractivity contribution is 0.337. The van der Waals surface area contributed by atoms with Crippen LogP contribution in [0.4, 0.5) is 0 Å². The molecule has 0 aromatic rings. The smallest absolute Gasteiger partial charge is 0.0363 e. The summed E-state index contributed by atoms with van der Waals surface area (Å²) in [4.78, 5) is 4.50. The lowest BCUT2D eigenvalue weighted by Gasteiger charge is -2.22. The maximum atomic E-state index is 4.07. The molecule has 0 rings (SSSR count). The van der Waals surface area contributed by atoms with Gasteiger partial charge in [-0.05, 0) is 18.9 Å². The number of nitrogens with zero attached hydrogens (tertiary/aromatic N) is 2. The highest BCUT2D eigenvalue weighted by molar-refractivity contribution is 5.12. The minimum absolute atomic E-state index is 0.780. The van der Waals surface area contributed by atoms with E-state index >= 15 is 0 Å². The fraction of sp³-hybridized carbons (Fsp3) is 0.400. The molecule has 0 heterocycles. The Labute approximate surface area is 137 Å². The molecule has 122 valence electrons. The molecule has 2 heteroatoms. The summed E-state index contributed by atoms with van der Waals surface area (Å²) in [5.41, 5.74) is 2.23. The van der Waals surface area contributed by atoms with Crippen LogP contribution in [0.1, 0.15) is 19.8 Å². The molecule has 0 bridgehead atoms. The zero-order chi connectivity index (χ0) is 16.8. The second-order valence-corrected chi connectivity index (χ2v) is 5.26. The number of hydrogen-bond acceptors (Lipinski definition) is 2. The van der Waals surface area contributed by atoms with E-state index in [9.17, 15) is 0 Å². The third-order valence-electron chi connectivity index (χ3n) is 3.52. The van der Waals surface area contributed by atoms with E-state index in [0.717, 1.165) is 51.3 Å². The Morgan fingerprint density at radius 2 is 1.55 bits per heavy atom. The van der Waals surface area contributed by atoms with Crippen molar-refractivity contribution < 1.29 is 0 Å². The molecule has 22 heavy (non-hydrogen) atoms. The van der Waals surface area contributed by atoms with Crippen molar-refractivity contribution in [1.82, 2.24) is 9.80 Å². The van der Waals surface area contributed by atoms with Gasteiger partial charge in [-0.2, -0.15) is 0 Å². The maximum Gasteiger partial charge on any atom is 0.0363 e. The molecule has 0 saturated carbocycles. The Hall–Kier alpha value is -1.80. The van der Waals surface area contributed by atoms with Gasteiger partial charge in [0.1, 0.15) is 0 Å². The summed E-state index contributed by atoms with van der Waals surface area (Å²) in [6, 6.07) is 0. The van der Waals surface area contributed by atoms with Crippen LogP contribution in [0, 0.1) is 0 Å². The first kappa shape index (κ1) is 20.2. The summed E-state index contributed by atoms with van der Waals surface area (Å²) in [7, 11) is 0. The quantitative estimate of drug-likeness (QED) is 0.342. The summed E-state index contributed by atoms with van der Waals surface area (Å²) in [5.74, 6) is 0. The van der Waals surface area contributed by atoms with Gasteiger partial charge in [0.15, 0.2) is 0 Å². The predicted molar refractivity (Wildman–Crippen MR) is 101 cm³/mol. The Balaban J connectivity index is 4.34. The number of hydrogen-bond donors (Lipinski definition) is 0. The molecule has 0 saturated heterocycles. The molecular formula is C20H32N2. The first-order valence-corrected chi connectivity index (χ1v) is 7.91. The summed E-state index contributed by atoms with van der Waals surface area (Å²) in [6.45, 7) is 26.0. The predicted octanol–water partition coefficient (Wildman–Crippen LogP) is 4.57. The molecule has 0 radical (unpaired) electrons. The summed E-state index contributed by atoms with van der Waals surface area (Å²) in [5, 5.41) is 0. The first-order chi connectivity index (χ1) is 10.6. The molecule has 0 aliphatic carbocycles. The van der Waals surface area contributed by atoms with Gasteiger partial charge in [-0.1, -0.05) is 56.5 Å². The van der Waals surface area contributed by atoms with E-state index in [4.69, 9.17) is 0 Å². The largest absolute Gasteiger partial charge is 0.365 e. The fourth-order valence-corrected chi connectivity index (χ4v) is 1.95. The van der Waals surface area contributed by atoms with Gasteiger partial charge in [0.25, 0.3) is 0 Å². The van der Waals surface area contributed by atoms with Crippen LogP contribution in [-0.4, -0.2) is 42.5 Å². The van der Waals surface area contributed by atoms with Gasteiger partial charge in [0, 0.05) is 38.4 Å². The zero-order valence-corrected chi connectivity index (χ0v) is 14.3. The van der Waals surface area contributed by atoms with Gasteiger partial charge >= 0.3 is 0 Å². The summed E-state index contributed by atoms with van der Waals surface area (Å²) in [6.07, 6.45) is 12.1. The highest BCUT2D eigenvalue weighted by Crippen LogP contribution is 2.05. The van der Waals surface area contributed by atoms with Crippen LogP contribution >= 0.6 is 0 Å². The van der Waals surface area contributed by atoms with E-state index in [1.54, 1.807) is 6.08 Å². The highest BCUT2D eigenvalue weighted by atomic mass is 15.1. The van der Waals surface area contributed by atoms with Crippen molar-refractivity contribution in [2.24, 2.45) is 0 Å². The fourth-order valence-electron chi connectivity index (χ4n) is 1.95. The van der Waals surface area contributed by atoms with Gasteiger partial charge in [-0.3, -0.25) is 4.90 Å². The van der Waals surface area contributed by atoms with Crippen LogP contribution in [0.25, 0.3) is 0 Å². The van der Waals surface area contributed by atoms with Crippen molar-refractivity contribution in [2.45, 2.75) is 19.8 Å².